The van der Waals surface area contributed by atoms with Crippen LogP contribution in [0.5, 0.6) is 0 Å². The molecule has 0 aliphatic carbocycles. The zero-order valence-electron chi connectivity index (χ0n) is 56.6. The van der Waals surface area contributed by atoms with Gasteiger partial charge in [0.1, 0.15) is 0 Å². The van der Waals surface area contributed by atoms with Crippen LogP contribution in [0.3, 0.4) is 0 Å². The molecular weight excluding hydrogens is 1030 g/mol. The molecule has 0 aromatic rings. The van der Waals surface area contributed by atoms with Crippen molar-refractivity contribution >= 4 is 11.9 Å². The van der Waals surface area contributed by atoms with Crippen molar-refractivity contribution in [3.63, 3.8) is 0 Å². The molecule has 0 saturated carbocycles. The molecule has 494 valence electrons. The summed E-state index contributed by atoms with van der Waals surface area (Å²) in [6.07, 6.45) is 96.5. The van der Waals surface area contributed by atoms with Gasteiger partial charge in [0.05, 0.1) is 25.4 Å². The number of hydrogen-bond acceptors (Lipinski definition) is 5. The minimum absolute atomic E-state index is 0.0114. The van der Waals surface area contributed by atoms with Gasteiger partial charge in [0.2, 0.25) is 5.91 Å². The number of rotatable bonds is 71. The highest BCUT2D eigenvalue weighted by Crippen LogP contribution is 2.19. The molecule has 0 aliphatic heterocycles. The van der Waals surface area contributed by atoms with Crippen LogP contribution in [0.2, 0.25) is 0 Å². The Morgan fingerprint density at radius 3 is 0.917 bits per heavy atom. The van der Waals surface area contributed by atoms with E-state index in [1.807, 2.05) is 6.08 Å². The van der Waals surface area contributed by atoms with E-state index in [2.05, 4.69) is 55.6 Å². The summed E-state index contributed by atoms with van der Waals surface area (Å²) in [5, 5.41) is 23.2. The predicted octanol–water partition coefficient (Wildman–Crippen LogP) is 24.8. The normalized spacial score (nSPS) is 12.8. The van der Waals surface area contributed by atoms with Crippen LogP contribution in [0.15, 0.2) is 48.6 Å². The van der Waals surface area contributed by atoms with E-state index in [0.29, 0.717) is 19.4 Å². The molecule has 6 nitrogen and oxygen atoms in total. The molecule has 0 aromatic heterocycles. The lowest BCUT2D eigenvalue weighted by Crippen LogP contribution is -2.45. The first-order valence-electron chi connectivity index (χ1n) is 37.9. The Kier molecular flexibility index (Phi) is 71.4. The van der Waals surface area contributed by atoms with Gasteiger partial charge < -0.3 is 20.3 Å². The zero-order chi connectivity index (χ0) is 60.6. The second-order valence-electron chi connectivity index (χ2n) is 26.0. The molecule has 2 unspecified atom stereocenters. The number of carbonyl (C=O) groups excluding carboxylic acids is 2. The number of hydrogen-bond donors (Lipinski definition) is 3. The molecule has 6 heteroatoms. The molecule has 0 aromatic carbocycles. The summed E-state index contributed by atoms with van der Waals surface area (Å²) in [6.45, 7) is 4.92. The van der Waals surface area contributed by atoms with Gasteiger partial charge in [-0.2, -0.15) is 0 Å². The lowest BCUT2D eigenvalue weighted by Gasteiger charge is -2.20. The summed E-state index contributed by atoms with van der Waals surface area (Å²) in [6, 6.07) is -0.626. The predicted molar refractivity (Wildman–Crippen MR) is 370 cm³/mol. The number of nitrogens with one attached hydrogen (secondary N) is 1. The van der Waals surface area contributed by atoms with Crippen molar-refractivity contribution in [2.75, 3.05) is 13.2 Å². The number of carbonyl (C=O) groups is 2. The average Bonchev–Trinajstić information content (AvgIpc) is 3.51. The minimum Gasteiger partial charge on any atom is -0.466 e. The fraction of sp³-hybridized carbons (Fsp3) is 0.872. The van der Waals surface area contributed by atoms with Crippen LogP contribution >= 0.6 is 0 Å². The van der Waals surface area contributed by atoms with Gasteiger partial charge in [0.15, 0.2) is 0 Å². The highest BCUT2D eigenvalue weighted by atomic mass is 16.5. The Balaban J connectivity index is 3.37. The van der Waals surface area contributed by atoms with E-state index in [9.17, 15) is 19.8 Å². The molecule has 3 N–H and O–H groups in total. The largest absolute Gasteiger partial charge is 0.466 e. The fourth-order valence-corrected chi connectivity index (χ4v) is 11.8. The molecule has 1 amide bonds. The van der Waals surface area contributed by atoms with Gasteiger partial charge >= 0.3 is 5.97 Å². The van der Waals surface area contributed by atoms with Crippen LogP contribution in [0.4, 0.5) is 0 Å². The van der Waals surface area contributed by atoms with Crippen molar-refractivity contribution in [2.45, 2.75) is 424 Å². The summed E-state index contributed by atoms with van der Waals surface area (Å²) in [5.74, 6) is -0.0521. The standard InChI is InChI=1S/C78H147NO5/c1-3-5-7-9-11-13-15-17-19-44-48-52-56-60-64-68-72-78(83)84-73-69-65-61-57-53-49-45-42-40-38-36-34-32-30-28-26-24-22-20-21-23-25-27-29-31-33-35-37-39-41-43-47-51-55-59-63-67-71-77(82)79-75(74-80)76(81)70-66-62-58-54-50-46-18-16-14-12-10-8-6-4-2/h19-20,22,26,28,44,66,70,75-76,80-81H,3-18,21,23-25,27,29-43,45-65,67-69,71-74H2,1-2H3,(H,79,82)/b22-20-,28-26-,44-19-,70-66+. The number of amides is 1. The van der Waals surface area contributed by atoms with Gasteiger partial charge in [-0.05, 0) is 89.9 Å². The smallest absolute Gasteiger partial charge is 0.305 e. The summed E-state index contributed by atoms with van der Waals surface area (Å²) >= 11 is 0. The van der Waals surface area contributed by atoms with Gasteiger partial charge in [-0.15, -0.1) is 0 Å². The number of allylic oxidation sites excluding steroid dienone is 7. The van der Waals surface area contributed by atoms with Crippen molar-refractivity contribution in [1.29, 1.82) is 0 Å². The molecule has 0 bridgehead atoms. The van der Waals surface area contributed by atoms with E-state index in [-0.39, 0.29) is 18.5 Å². The highest BCUT2D eigenvalue weighted by Gasteiger charge is 2.18. The maximum atomic E-state index is 12.5. The summed E-state index contributed by atoms with van der Waals surface area (Å²) in [4.78, 5) is 24.6. The SMILES string of the molecule is CCCCCCCCC/C=C\CCCCCCCC(=O)OCCCCCCCCCCCCCCC/C=C\C/C=C\CCCCCCCCCCCCCCCCCCCC(=O)NC(CO)C(O)/C=C/CCCCCCCCCCCCCC. The Bertz CT molecular complexity index is 1400. The Morgan fingerprint density at radius 2 is 0.595 bits per heavy atom. The van der Waals surface area contributed by atoms with Gasteiger partial charge in [-0.25, -0.2) is 0 Å². The highest BCUT2D eigenvalue weighted by molar-refractivity contribution is 5.76. The Hall–Kier alpha value is -2.18. The van der Waals surface area contributed by atoms with Crippen LogP contribution in [-0.4, -0.2) is 47.4 Å². The molecule has 2 atom stereocenters. The number of aliphatic hydroxyl groups excluding tert-OH is 2. The number of esters is 1. The van der Waals surface area contributed by atoms with Crippen LogP contribution in [0, 0.1) is 0 Å². The topological polar surface area (TPSA) is 95.9 Å². The molecule has 0 rings (SSSR count). The van der Waals surface area contributed by atoms with E-state index >= 15 is 0 Å². The molecule has 0 heterocycles. The zero-order valence-corrected chi connectivity index (χ0v) is 56.6. The fourth-order valence-electron chi connectivity index (χ4n) is 11.8. The lowest BCUT2D eigenvalue weighted by atomic mass is 10.0. The van der Waals surface area contributed by atoms with Gasteiger partial charge in [0, 0.05) is 12.8 Å². The first-order valence-corrected chi connectivity index (χ1v) is 37.9. The van der Waals surface area contributed by atoms with Crippen LogP contribution in [0.25, 0.3) is 0 Å². The number of ether oxygens (including phenoxy) is 1. The quantitative estimate of drug-likeness (QED) is 0.0320. The van der Waals surface area contributed by atoms with Gasteiger partial charge in [-0.3, -0.25) is 9.59 Å². The first-order chi connectivity index (χ1) is 41.5. The van der Waals surface area contributed by atoms with Crippen molar-refractivity contribution in [1.82, 2.24) is 5.32 Å². The van der Waals surface area contributed by atoms with Crippen molar-refractivity contribution < 1.29 is 24.5 Å². The maximum absolute atomic E-state index is 12.5. The minimum atomic E-state index is -0.842. The monoisotopic (exact) mass is 1180 g/mol. The second kappa shape index (κ2) is 73.3. The summed E-state index contributed by atoms with van der Waals surface area (Å²) in [5.41, 5.74) is 0. The molecule has 84 heavy (non-hydrogen) atoms. The van der Waals surface area contributed by atoms with E-state index in [1.165, 1.54) is 334 Å². The molecule has 0 spiro atoms. The third-order valence-corrected chi connectivity index (χ3v) is 17.6. The van der Waals surface area contributed by atoms with E-state index in [0.717, 1.165) is 51.4 Å². The van der Waals surface area contributed by atoms with Crippen LogP contribution < -0.4 is 5.32 Å². The summed E-state index contributed by atoms with van der Waals surface area (Å²) in [7, 11) is 0. The second-order valence-corrected chi connectivity index (χ2v) is 26.0. The molecule has 0 aliphatic rings. The number of aliphatic hydroxyl groups is 2. The average molecular weight is 1180 g/mol. The molecule has 0 saturated heterocycles. The van der Waals surface area contributed by atoms with Gasteiger partial charge in [0.25, 0.3) is 0 Å². The third-order valence-electron chi connectivity index (χ3n) is 17.6. The molecule has 0 fully saturated rings. The maximum Gasteiger partial charge on any atom is 0.305 e. The van der Waals surface area contributed by atoms with Crippen LogP contribution in [0.1, 0.15) is 412 Å². The third kappa shape index (κ3) is 68.9. The van der Waals surface area contributed by atoms with Crippen molar-refractivity contribution in [3.05, 3.63) is 48.6 Å². The van der Waals surface area contributed by atoms with E-state index in [4.69, 9.17) is 4.74 Å². The lowest BCUT2D eigenvalue weighted by molar-refractivity contribution is -0.143. The van der Waals surface area contributed by atoms with Crippen LogP contribution in [-0.2, 0) is 14.3 Å². The van der Waals surface area contributed by atoms with Crippen molar-refractivity contribution in [2.24, 2.45) is 0 Å². The van der Waals surface area contributed by atoms with E-state index in [1.54, 1.807) is 6.08 Å². The molecular formula is C78H147NO5. The number of unbranched alkanes of at least 4 members (excludes halogenated alkanes) is 54. The van der Waals surface area contributed by atoms with Gasteiger partial charge in [-0.1, -0.05) is 358 Å². The van der Waals surface area contributed by atoms with Crippen molar-refractivity contribution in [3.8, 4) is 0 Å². The summed E-state index contributed by atoms with van der Waals surface area (Å²) < 4.78 is 5.50. The Morgan fingerprint density at radius 1 is 0.333 bits per heavy atom. The molecule has 0 radical (unpaired) electrons. The first kappa shape index (κ1) is 81.8. The Labute approximate surface area is 525 Å². The van der Waals surface area contributed by atoms with E-state index < -0.39 is 12.1 Å².